The van der Waals surface area contributed by atoms with Crippen LogP contribution in [0.15, 0.2) is 48.8 Å². The van der Waals surface area contributed by atoms with Gasteiger partial charge in [-0.1, -0.05) is 26.0 Å². The molecule has 0 saturated carbocycles. The first-order valence-corrected chi connectivity index (χ1v) is 10.5. The van der Waals surface area contributed by atoms with Crippen LogP contribution in [0.1, 0.15) is 59.0 Å². The molecule has 0 aliphatic carbocycles. The van der Waals surface area contributed by atoms with E-state index in [1.54, 1.807) is 30.5 Å². The highest BCUT2D eigenvalue weighted by Crippen LogP contribution is 2.24. The van der Waals surface area contributed by atoms with E-state index >= 15 is 0 Å². The van der Waals surface area contributed by atoms with Crippen molar-refractivity contribution in [2.24, 2.45) is 0 Å². The summed E-state index contributed by atoms with van der Waals surface area (Å²) in [5, 5.41) is 3.36. The fourth-order valence-corrected chi connectivity index (χ4v) is 3.81. The van der Waals surface area contributed by atoms with E-state index in [0.717, 1.165) is 38.0 Å². The van der Waals surface area contributed by atoms with E-state index < -0.39 is 0 Å². The van der Waals surface area contributed by atoms with Gasteiger partial charge in [0.1, 0.15) is 0 Å². The Morgan fingerprint density at radius 1 is 1.14 bits per heavy atom. The molecule has 1 saturated heterocycles. The summed E-state index contributed by atoms with van der Waals surface area (Å²) in [6, 6.07) is 11.0. The van der Waals surface area contributed by atoms with E-state index in [9.17, 15) is 9.59 Å². The molecule has 29 heavy (non-hydrogen) atoms. The molecule has 2 aromatic rings. The molecule has 2 heterocycles. The number of nitrogens with one attached hydrogen (secondary N) is 1. The van der Waals surface area contributed by atoms with E-state index in [1.807, 2.05) is 28.1 Å². The number of hydrogen-bond acceptors (Lipinski definition) is 4. The summed E-state index contributed by atoms with van der Waals surface area (Å²) >= 11 is 0. The van der Waals surface area contributed by atoms with Crippen LogP contribution in [0.2, 0.25) is 0 Å². The number of benzene rings is 1. The lowest BCUT2D eigenvalue weighted by atomic mass is 10.0. The van der Waals surface area contributed by atoms with Gasteiger partial charge < -0.3 is 15.1 Å². The molecule has 0 bridgehead atoms. The molecule has 1 N–H and O–H groups in total. The Hall–Kier alpha value is -2.73. The lowest BCUT2D eigenvalue weighted by molar-refractivity contribution is 0.0634. The number of aromatic nitrogens is 1. The quantitative estimate of drug-likeness (QED) is 0.784. The first kappa shape index (κ1) is 21.0. The minimum Gasteiger partial charge on any atom is -0.339 e. The summed E-state index contributed by atoms with van der Waals surface area (Å²) in [7, 11) is 0. The predicted molar refractivity (Wildman–Crippen MR) is 114 cm³/mol. The van der Waals surface area contributed by atoms with Gasteiger partial charge in [0.25, 0.3) is 11.8 Å². The number of amides is 2. The van der Waals surface area contributed by atoms with Crippen molar-refractivity contribution in [1.82, 2.24) is 20.1 Å². The van der Waals surface area contributed by atoms with Gasteiger partial charge in [-0.2, -0.15) is 0 Å². The molecule has 1 atom stereocenters. The van der Waals surface area contributed by atoms with Gasteiger partial charge in [0.05, 0.1) is 6.04 Å². The zero-order valence-electron chi connectivity index (χ0n) is 17.3. The lowest BCUT2D eigenvalue weighted by Crippen LogP contribution is -2.48. The molecule has 0 spiro atoms. The van der Waals surface area contributed by atoms with E-state index in [0.29, 0.717) is 24.2 Å². The number of carbonyl (C=O) groups is 2. The molecule has 1 aromatic carbocycles. The van der Waals surface area contributed by atoms with Crippen LogP contribution in [0.25, 0.3) is 0 Å². The summed E-state index contributed by atoms with van der Waals surface area (Å²) in [6.07, 6.45) is 5.38. The zero-order valence-corrected chi connectivity index (χ0v) is 17.3. The summed E-state index contributed by atoms with van der Waals surface area (Å²) in [5.41, 5.74) is 2.14. The van der Waals surface area contributed by atoms with Crippen molar-refractivity contribution in [1.29, 1.82) is 0 Å². The van der Waals surface area contributed by atoms with Crippen molar-refractivity contribution >= 4 is 11.8 Å². The molecule has 2 amide bonds. The standard InChI is InChI=1S/C23H30N4O2/c1-3-12-26(13-4-2)22(28)18-7-5-8-19(15-18)23(29)27-14-11-25-17-21(27)20-9-6-10-24-16-20/h5-10,15-16,21,25H,3-4,11-14,17H2,1-2H3. The van der Waals surface area contributed by atoms with Crippen LogP contribution in [0.5, 0.6) is 0 Å². The molecule has 1 aromatic heterocycles. The Kier molecular flexibility index (Phi) is 7.36. The summed E-state index contributed by atoms with van der Waals surface area (Å²) < 4.78 is 0. The van der Waals surface area contributed by atoms with Crippen LogP contribution >= 0.6 is 0 Å². The predicted octanol–water partition coefficient (Wildman–Crippen LogP) is 3.13. The number of piperazine rings is 1. The third kappa shape index (κ3) is 5.01. The maximum atomic E-state index is 13.3. The largest absolute Gasteiger partial charge is 0.339 e. The maximum absolute atomic E-state index is 13.3. The topological polar surface area (TPSA) is 65.5 Å². The second kappa shape index (κ2) is 10.2. The second-order valence-corrected chi connectivity index (χ2v) is 7.38. The summed E-state index contributed by atoms with van der Waals surface area (Å²) in [6.45, 7) is 7.66. The molecule has 1 aliphatic heterocycles. The highest BCUT2D eigenvalue weighted by atomic mass is 16.2. The second-order valence-electron chi connectivity index (χ2n) is 7.38. The Labute approximate surface area is 172 Å². The SMILES string of the molecule is CCCN(CCC)C(=O)c1cccc(C(=O)N2CCNCC2c2cccnc2)c1. The molecule has 3 rings (SSSR count). The monoisotopic (exact) mass is 394 g/mol. The van der Waals surface area contributed by atoms with Gasteiger partial charge in [0.15, 0.2) is 0 Å². The average Bonchev–Trinajstić information content (AvgIpc) is 2.78. The smallest absolute Gasteiger partial charge is 0.254 e. The van der Waals surface area contributed by atoms with Crippen molar-refractivity contribution in [3.8, 4) is 0 Å². The Morgan fingerprint density at radius 3 is 2.59 bits per heavy atom. The number of nitrogens with zero attached hydrogens (tertiary/aromatic N) is 3. The van der Waals surface area contributed by atoms with Crippen molar-refractivity contribution in [3.63, 3.8) is 0 Å². The Balaban J connectivity index is 1.83. The fraction of sp³-hybridized carbons (Fsp3) is 0.435. The Morgan fingerprint density at radius 2 is 1.90 bits per heavy atom. The summed E-state index contributed by atoms with van der Waals surface area (Å²) in [5.74, 6) is -0.0555. The minimum atomic E-state index is -0.0685. The summed E-state index contributed by atoms with van der Waals surface area (Å²) in [4.78, 5) is 34.2. The van der Waals surface area contributed by atoms with Gasteiger partial charge in [-0.15, -0.1) is 0 Å². The number of carbonyl (C=O) groups excluding carboxylic acids is 2. The van der Waals surface area contributed by atoms with Gasteiger partial charge >= 0.3 is 0 Å². The van der Waals surface area contributed by atoms with E-state index in [2.05, 4.69) is 24.1 Å². The van der Waals surface area contributed by atoms with E-state index in [-0.39, 0.29) is 17.9 Å². The third-order valence-corrected chi connectivity index (χ3v) is 5.20. The van der Waals surface area contributed by atoms with Crippen molar-refractivity contribution in [3.05, 3.63) is 65.5 Å². The first-order valence-electron chi connectivity index (χ1n) is 10.5. The van der Waals surface area contributed by atoms with Gasteiger partial charge in [0, 0.05) is 56.2 Å². The first-order chi connectivity index (χ1) is 14.2. The Bertz CT molecular complexity index is 819. The molecule has 1 fully saturated rings. The van der Waals surface area contributed by atoms with E-state index in [1.165, 1.54) is 0 Å². The number of pyridine rings is 1. The highest BCUT2D eigenvalue weighted by molar-refractivity contribution is 5.99. The third-order valence-electron chi connectivity index (χ3n) is 5.20. The van der Waals surface area contributed by atoms with Gasteiger partial charge in [0.2, 0.25) is 0 Å². The van der Waals surface area contributed by atoms with Crippen LogP contribution in [-0.4, -0.2) is 59.3 Å². The normalized spacial score (nSPS) is 16.5. The molecular weight excluding hydrogens is 364 g/mol. The molecule has 0 radical (unpaired) electrons. The van der Waals surface area contributed by atoms with Gasteiger partial charge in [-0.3, -0.25) is 14.6 Å². The van der Waals surface area contributed by atoms with Crippen molar-refractivity contribution in [2.75, 3.05) is 32.7 Å². The lowest BCUT2D eigenvalue weighted by Gasteiger charge is -2.36. The number of hydrogen-bond donors (Lipinski definition) is 1. The molecule has 6 heteroatoms. The van der Waals surface area contributed by atoms with Gasteiger partial charge in [-0.05, 0) is 42.7 Å². The fourth-order valence-electron chi connectivity index (χ4n) is 3.81. The van der Waals surface area contributed by atoms with Crippen LogP contribution in [-0.2, 0) is 0 Å². The van der Waals surface area contributed by atoms with Crippen molar-refractivity contribution in [2.45, 2.75) is 32.7 Å². The number of rotatable bonds is 7. The van der Waals surface area contributed by atoms with Crippen LogP contribution in [0.3, 0.4) is 0 Å². The van der Waals surface area contributed by atoms with Crippen molar-refractivity contribution < 1.29 is 9.59 Å². The maximum Gasteiger partial charge on any atom is 0.254 e. The van der Waals surface area contributed by atoms with Crippen LogP contribution in [0.4, 0.5) is 0 Å². The molecule has 6 nitrogen and oxygen atoms in total. The van der Waals surface area contributed by atoms with Crippen LogP contribution < -0.4 is 5.32 Å². The van der Waals surface area contributed by atoms with E-state index in [4.69, 9.17) is 0 Å². The molecule has 1 aliphatic rings. The minimum absolute atomic E-state index is 0.00697. The molecule has 1 unspecified atom stereocenters. The van der Waals surface area contributed by atoms with Crippen LogP contribution in [0, 0.1) is 0 Å². The van der Waals surface area contributed by atoms with Gasteiger partial charge in [-0.25, -0.2) is 0 Å². The molecular formula is C23H30N4O2. The highest BCUT2D eigenvalue weighted by Gasteiger charge is 2.29. The average molecular weight is 395 g/mol. The molecule has 154 valence electrons. The zero-order chi connectivity index (χ0) is 20.6.